The van der Waals surface area contributed by atoms with E-state index in [1.165, 1.54) is 0 Å². The Morgan fingerprint density at radius 3 is 2.70 bits per heavy atom. The molecule has 1 unspecified atom stereocenters. The first-order chi connectivity index (χ1) is 9.47. The maximum atomic E-state index is 12.0. The van der Waals surface area contributed by atoms with E-state index in [0.717, 1.165) is 4.47 Å². The maximum absolute atomic E-state index is 12.0. The average molecular weight is 345 g/mol. The van der Waals surface area contributed by atoms with E-state index in [9.17, 15) is 4.79 Å². The van der Waals surface area contributed by atoms with Crippen molar-refractivity contribution in [2.24, 2.45) is 5.92 Å². The number of benzene rings is 1. The fourth-order valence-corrected chi connectivity index (χ4v) is 2.18. The van der Waals surface area contributed by atoms with Crippen LogP contribution in [0.5, 0.6) is 5.75 Å². The Morgan fingerprint density at radius 1 is 1.45 bits per heavy atom. The van der Waals surface area contributed by atoms with E-state index in [2.05, 4.69) is 26.6 Å². The topological polar surface area (TPSA) is 70.6 Å². The van der Waals surface area contributed by atoms with E-state index in [0.29, 0.717) is 17.9 Å². The molecule has 3 N–H and O–H groups in total. The summed E-state index contributed by atoms with van der Waals surface area (Å²) in [7, 11) is 1.55. The second-order valence-electron chi connectivity index (χ2n) is 4.81. The highest BCUT2D eigenvalue weighted by Crippen LogP contribution is 2.27. The van der Waals surface area contributed by atoms with E-state index >= 15 is 0 Å². The smallest absolute Gasteiger partial charge is 0.319 e. The first-order valence-electron chi connectivity index (χ1n) is 6.49. The van der Waals surface area contributed by atoms with Crippen LogP contribution in [-0.2, 0) is 0 Å². The number of rotatable bonds is 6. The molecule has 0 fully saturated rings. The second kappa shape index (κ2) is 8.11. The molecule has 1 aromatic rings. The SMILES string of the molecule is COc1ccc(Br)cc1NC(=O)NC(CCO)C(C)C. The van der Waals surface area contributed by atoms with Crippen LogP contribution in [0.3, 0.4) is 0 Å². The van der Waals surface area contributed by atoms with Crippen molar-refractivity contribution >= 4 is 27.6 Å². The summed E-state index contributed by atoms with van der Waals surface area (Å²) in [6.45, 7) is 4.05. The Kier molecular flexibility index (Phi) is 6.81. The van der Waals surface area contributed by atoms with Gasteiger partial charge < -0.3 is 20.5 Å². The predicted octanol–water partition coefficient (Wildman–Crippen LogP) is 2.99. The molecule has 0 aliphatic heterocycles. The van der Waals surface area contributed by atoms with E-state index in [1.807, 2.05) is 19.9 Å². The minimum Gasteiger partial charge on any atom is -0.495 e. The normalized spacial score (nSPS) is 12.1. The monoisotopic (exact) mass is 344 g/mol. The highest BCUT2D eigenvalue weighted by Gasteiger charge is 2.16. The van der Waals surface area contributed by atoms with Crippen LogP contribution in [-0.4, -0.2) is 30.9 Å². The third-order valence-electron chi connectivity index (χ3n) is 2.97. The molecule has 0 aliphatic rings. The number of aliphatic hydroxyl groups is 1. The van der Waals surface area contributed by atoms with Crippen molar-refractivity contribution in [1.82, 2.24) is 5.32 Å². The fourth-order valence-electron chi connectivity index (χ4n) is 1.82. The van der Waals surface area contributed by atoms with Gasteiger partial charge in [0.2, 0.25) is 0 Å². The standard InChI is InChI=1S/C14H21BrN2O3/c1-9(2)11(6-7-18)16-14(19)17-12-8-10(15)4-5-13(12)20-3/h4-5,8-9,11,18H,6-7H2,1-3H3,(H2,16,17,19). The number of hydrogen-bond acceptors (Lipinski definition) is 3. The lowest BCUT2D eigenvalue weighted by molar-refractivity contribution is 0.227. The largest absolute Gasteiger partial charge is 0.495 e. The molecule has 112 valence electrons. The van der Waals surface area contributed by atoms with E-state index in [1.54, 1.807) is 19.2 Å². The van der Waals surface area contributed by atoms with Crippen LogP contribution in [0.25, 0.3) is 0 Å². The number of anilines is 1. The van der Waals surface area contributed by atoms with Crippen LogP contribution in [0.4, 0.5) is 10.5 Å². The van der Waals surface area contributed by atoms with Crippen molar-refractivity contribution in [2.75, 3.05) is 19.0 Å². The predicted molar refractivity (Wildman–Crippen MR) is 83.2 cm³/mol. The van der Waals surface area contributed by atoms with Gasteiger partial charge in [-0.2, -0.15) is 0 Å². The highest BCUT2D eigenvalue weighted by molar-refractivity contribution is 9.10. The van der Waals surface area contributed by atoms with Crippen LogP contribution in [0.2, 0.25) is 0 Å². The molecule has 1 aromatic carbocycles. The van der Waals surface area contributed by atoms with Gasteiger partial charge in [0.05, 0.1) is 12.8 Å². The van der Waals surface area contributed by atoms with Crippen molar-refractivity contribution in [3.63, 3.8) is 0 Å². The molecule has 5 nitrogen and oxygen atoms in total. The number of urea groups is 1. The minimum absolute atomic E-state index is 0.0450. The van der Waals surface area contributed by atoms with Gasteiger partial charge in [0.1, 0.15) is 5.75 Å². The number of hydrogen-bond donors (Lipinski definition) is 3. The Labute approximate surface area is 127 Å². The van der Waals surface area contributed by atoms with Gasteiger partial charge in [0.15, 0.2) is 0 Å². The summed E-state index contributed by atoms with van der Waals surface area (Å²) in [6.07, 6.45) is 0.528. The molecule has 0 bridgehead atoms. The number of carbonyl (C=O) groups excluding carboxylic acids is 1. The summed E-state index contributed by atoms with van der Waals surface area (Å²) in [4.78, 5) is 12.0. The summed E-state index contributed by atoms with van der Waals surface area (Å²) in [6, 6.07) is 5.00. The number of aliphatic hydroxyl groups excluding tert-OH is 1. The summed E-state index contributed by atoms with van der Waals surface area (Å²) < 4.78 is 6.05. The fraction of sp³-hybridized carbons (Fsp3) is 0.500. The molecule has 20 heavy (non-hydrogen) atoms. The molecule has 0 saturated carbocycles. The number of nitrogens with one attached hydrogen (secondary N) is 2. The summed E-state index contributed by atoms with van der Waals surface area (Å²) in [5, 5.41) is 14.6. The highest BCUT2D eigenvalue weighted by atomic mass is 79.9. The number of carbonyl (C=O) groups is 1. The molecular formula is C14H21BrN2O3. The zero-order valence-corrected chi connectivity index (χ0v) is 13.5. The molecular weight excluding hydrogens is 324 g/mol. The zero-order chi connectivity index (χ0) is 15.1. The lowest BCUT2D eigenvalue weighted by Crippen LogP contribution is -2.41. The molecule has 0 aliphatic carbocycles. The van der Waals surface area contributed by atoms with Crippen LogP contribution in [0, 0.1) is 5.92 Å². The third kappa shape index (κ3) is 5.02. The van der Waals surface area contributed by atoms with Crippen molar-refractivity contribution in [2.45, 2.75) is 26.3 Å². The van der Waals surface area contributed by atoms with E-state index in [-0.39, 0.29) is 24.6 Å². The summed E-state index contributed by atoms with van der Waals surface area (Å²) in [5.41, 5.74) is 0.589. The maximum Gasteiger partial charge on any atom is 0.319 e. The Hall–Kier alpha value is -1.27. The van der Waals surface area contributed by atoms with Crippen molar-refractivity contribution < 1.29 is 14.6 Å². The summed E-state index contributed by atoms with van der Waals surface area (Å²) >= 11 is 3.35. The molecule has 2 amide bonds. The van der Waals surface area contributed by atoms with Crippen LogP contribution in [0.1, 0.15) is 20.3 Å². The Bertz CT molecular complexity index is 452. The Morgan fingerprint density at radius 2 is 2.15 bits per heavy atom. The van der Waals surface area contributed by atoms with Gasteiger partial charge in [0, 0.05) is 17.1 Å². The van der Waals surface area contributed by atoms with Gasteiger partial charge in [-0.05, 0) is 30.5 Å². The lowest BCUT2D eigenvalue weighted by Gasteiger charge is -2.22. The van der Waals surface area contributed by atoms with Crippen molar-refractivity contribution in [1.29, 1.82) is 0 Å². The van der Waals surface area contributed by atoms with Crippen LogP contribution in [0.15, 0.2) is 22.7 Å². The quantitative estimate of drug-likeness (QED) is 0.742. The van der Waals surface area contributed by atoms with Gasteiger partial charge >= 0.3 is 6.03 Å². The van der Waals surface area contributed by atoms with Crippen LogP contribution < -0.4 is 15.4 Å². The van der Waals surface area contributed by atoms with Crippen molar-refractivity contribution in [3.8, 4) is 5.75 Å². The minimum atomic E-state index is -0.312. The molecule has 1 atom stereocenters. The van der Waals surface area contributed by atoms with E-state index < -0.39 is 0 Å². The molecule has 0 aromatic heterocycles. The molecule has 0 saturated heterocycles. The molecule has 1 rings (SSSR count). The Balaban J connectivity index is 2.72. The zero-order valence-electron chi connectivity index (χ0n) is 11.9. The number of amides is 2. The second-order valence-corrected chi connectivity index (χ2v) is 5.72. The summed E-state index contributed by atoms with van der Waals surface area (Å²) in [5.74, 6) is 0.837. The molecule has 6 heteroatoms. The molecule has 0 radical (unpaired) electrons. The number of halogens is 1. The number of ether oxygens (including phenoxy) is 1. The van der Waals surface area contributed by atoms with Crippen LogP contribution >= 0.6 is 15.9 Å². The third-order valence-corrected chi connectivity index (χ3v) is 3.46. The van der Waals surface area contributed by atoms with Gasteiger partial charge in [-0.25, -0.2) is 4.79 Å². The van der Waals surface area contributed by atoms with Gasteiger partial charge in [-0.1, -0.05) is 29.8 Å². The number of methoxy groups -OCH3 is 1. The first kappa shape index (κ1) is 16.8. The van der Waals surface area contributed by atoms with Gasteiger partial charge in [-0.3, -0.25) is 0 Å². The average Bonchev–Trinajstić information content (AvgIpc) is 2.38. The van der Waals surface area contributed by atoms with Gasteiger partial charge in [-0.15, -0.1) is 0 Å². The van der Waals surface area contributed by atoms with Crippen molar-refractivity contribution in [3.05, 3.63) is 22.7 Å². The van der Waals surface area contributed by atoms with Gasteiger partial charge in [0.25, 0.3) is 0 Å². The van der Waals surface area contributed by atoms with E-state index in [4.69, 9.17) is 9.84 Å². The molecule has 0 spiro atoms. The first-order valence-corrected chi connectivity index (χ1v) is 7.29. The lowest BCUT2D eigenvalue weighted by atomic mass is 10.0. The molecule has 0 heterocycles.